The third kappa shape index (κ3) is 3.44. The molecule has 6 nitrogen and oxygen atoms in total. The maximum atomic E-state index is 11.6. The SMILES string of the molecule is COC(=O)C1[C@H](CC(=O)O)CC[C@H]1CC(=O)O. The summed E-state index contributed by atoms with van der Waals surface area (Å²) < 4.78 is 4.63. The molecule has 1 fully saturated rings. The van der Waals surface area contributed by atoms with Gasteiger partial charge in [0.1, 0.15) is 0 Å². The maximum absolute atomic E-state index is 11.6. The minimum absolute atomic E-state index is 0.115. The number of carboxylic acids is 2. The summed E-state index contributed by atoms with van der Waals surface area (Å²) in [6.45, 7) is 0. The fourth-order valence-electron chi connectivity index (χ4n) is 2.60. The van der Waals surface area contributed by atoms with Gasteiger partial charge in [0.25, 0.3) is 0 Å². The van der Waals surface area contributed by atoms with Crippen LogP contribution in [0.4, 0.5) is 0 Å². The smallest absolute Gasteiger partial charge is 0.309 e. The van der Waals surface area contributed by atoms with Crippen molar-refractivity contribution in [1.29, 1.82) is 0 Å². The Kier molecular flexibility index (Phi) is 4.48. The van der Waals surface area contributed by atoms with Gasteiger partial charge in [0.15, 0.2) is 0 Å². The lowest BCUT2D eigenvalue weighted by Crippen LogP contribution is -2.28. The van der Waals surface area contributed by atoms with Gasteiger partial charge in [-0.15, -0.1) is 0 Å². The Bertz CT molecular complexity index is 300. The molecule has 0 unspecified atom stereocenters. The minimum atomic E-state index is -0.972. The van der Waals surface area contributed by atoms with Gasteiger partial charge in [-0.25, -0.2) is 0 Å². The molecule has 0 radical (unpaired) electrons. The first-order chi connectivity index (χ1) is 7.95. The van der Waals surface area contributed by atoms with Crippen LogP contribution in [-0.4, -0.2) is 35.2 Å². The average Bonchev–Trinajstić information content (AvgIpc) is 2.58. The maximum Gasteiger partial charge on any atom is 0.309 e. The highest BCUT2D eigenvalue weighted by atomic mass is 16.5. The van der Waals surface area contributed by atoms with Crippen LogP contribution in [0.2, 0.25) is 0 Å². The molecule has 1 saturated carbocycles. The van der Waals surface area contributed by atoms with E-state index in [4.69, 9.17) is 10.2 Å². The van der Waals surface area contributed by atoms with E-state index in [0.717, 1.165) is 0 Å². The van der Waals surface area contributed by atoms with Crippen LogP contribution >= 0.6 is 0 Å². The molecule has 0 aromatic heterocycles. The molecule has 6 heteroatoms. The van der Waals surface area contributed by atoms with E-state index < -0.39 is 23.8 Å². The third-order valence-corrected chi connectivity index (χ3v) is 3.27. The molecule has 17 heavy (non-hydrogen) atoms. The van der Waals surface area contributed by atoms with Crippen LogP contribution in [0.1, 0.15) is 25.7 Å². The van der Waals surface area contributed by atoms with E-state index in [1.54, 1.807) is 0 Å². The standard InChI is InChI=1S/C11H16O6/c1-17-11(16)10-6(4-8(12)13)2-3-7(10)5-9(14)15/h6-7,10H,2-5H2,1H3,(H,12,13)(H,14,15)/t6-,7-/m0/s1. The van der Waals surface area contributed by atoms with Gasteiger partial charge in [-0.3, -0.25) is 14.4 Å². The first kappa shape index (κ1) is 13.5. The second-order valence-corrected chi connectivity index (χ2v) is 4.34. The lowest BCUT2D eigenvalue weighted by atomic mass is 9.86. The summed E-state index contributed by atoms with van der Waals surface area (Å²) in [5, 5.41) is 17.5. The molecule has 0 aromatic rings. The number of esters is 1. The monoisotopic (exact) mass is 244 g/mol. The van der Waals surface area contributed by atoms with E-state index in [1.807, 2.05) is 0 Å². The van der Waals surface area contributed by atoms with Crippen molar-refractivity contribution in [2.45, 2.75) is 25.7 Å². The first-order valence-corrected chi connectivity index (χ1v) is 5.47. The highest BCUT2D eigenvalue weighted by molar-refractivity contribution is 5.76. The van der Waals surface area contributed by atoms with Gasteiger partial charge in [-0.1, -0.05) is 0 Å². The highest BCUT2D eigenvalue weighted by Crippen LogP contribution is 2.41. The normalized spacial score (nSPS) is 24.5. The number of hydrogen-bond donors (Lipinski definition) is 2. The van der Waals surface area contributed by atoms with Crippen molar-refractivity contribution < 1.29 is 29.3 Å². The van der Waals surface area contributed by atoms with E-state index in [9.17, 15) is 14.4 Å². The highest BCUT2D eigenvalue weighted by Gasteiger charge is 2.43. The summed E-state index contributed by atoms with van der Waals surface area (Å²) in [6.07, 6.45) is 0.889. The summed E-state index contributed by atoms with van der Waals surface area (Å²) >= 11 is 0. The van der Waals surface area contributed by atoms with E-state index >= 15 is 0 Å². The summed E-state index contributed by atoms with van der Waals surface area (Å²) in [6, 6.07) is 0. The average molecular weight is 244 g/mol. The van der Waals surface area contributed by atoms with Crippen molar-refractivity contribution in [3.63, 3.8) is 0 Å². The number of rotatable bonds is 5. The molecule has 1 aliphatic carbocycles. The fourth-order valence-corrected chi connectivity index (χ4v) is 2.60. The summed E-state index contributed by atoms with van der Waals surface area (Å²) in [4.78, 5) is 32.9. The van der Waals surface area contributed by atoms with Crippen LogP contribution in [0.25, 0.3) is 0 Å². The first-order valence-electron chi connectivity index (χ1n) is 5.47. The molecular formula is C11H16O6. The van der Waals surface area contributed by atoms with Gasteiger partial charge in [0, 0.05) is 12.8 Å². The predicted molar refractivity (Wildman–Crippen MR) is 56.2 cm³/mol. The van der Waals surface area contributed by atoms with Crippen LogP contribution in [0.5, 0.6) is 0 Å². The van der Waals surface area contributed by atoms with Gasteiger partial charge in [0.05, 0.1) is 13.0 Å². The molecular weight excluding hydrogens is 228 g/mol. The van der Waals surface area contributed by atoms with Crippen LogP contribution in [0.15, 0.2) is 0 Å². The van der Waals surface area contributed by atoms with Crippen LogP contribution < -0.4 is 0 Å². The molecule has 0 bridgehead atoms. The minimum Gasteiger partial charge on any atom is -0.481 e. The molecule has 96 valence electrons. The molecule has 1 aliphatic rings. The molecule has 0 aliphatic heterocycles. The van der Waals surface area contributed by atoms with Crippen molar-refractivity contribution in [2.24, 2.45) is 17.8 Å². The molecule has 2 N–H and O–H groups in total. The van der Waals surface area contributed by atoms with E-state index in [1.165, 1.54) is 7.11 Å². The van der Waals surface area contributed by atoms with Crippen LogP contribution in [0, 0.1) is 17.8 Å². The van der Waals surface area contributed by atoms with Gasteiger partial charge >= 0.3 is 17.9 Å². The predicted octanol–water partition coefficient (Wildman–Crippen LogP) is 0.751. The van der Waals surface area contributed by atoms with E-state index in [0.29, 0.717) is 12.8 Å². The van der Waals surface area contributed by atoms with E-state index in [-0.39, 0.29) is 24.7 Å². The Morgan fingerprint density at radius 2 is 1.47 bits per heavy atom. The number of hydrogen-bond acceptors (Lipinski definition) is 4. The van der Waals surface area contributed by atoms with Gasteiger partial charge in [0.2, 0.25) is 0 Å². The zero-order valence-corrected chi connectivity index (χ0v) is 9.59. The number of methoxy groups -OCH3 is 1. The molecule has 2 atom stereocenters. The molecule has 0 spiro atoms. The molecule has 1 rings (SSSR count). The van der Waals surface area contributed by atoms with Gasteiger partial charge in [-0.05, 0) is 24.7 Å². The number of carboxylic acid groups (broad SMARTS) is 2. The zero-order valence-electron chi connectivity index (χ0n) is 9.59. The Morgan fingerprint density at radius 3 is 1.76 bits per heavy atom. The lowest BCUT2D eigenvalue weighted by molar-refractivity contribution is -0.150. The van der Waals surface area contributed by atoms with Crippen LogP contribution in [-0.2, 0) is 19.1 Å². The Hall–Kier alpha value is -1.59. The largest absolute Gasteiger partial charge is 0.481 e. The lowest BCUT2D eigenvalue weighted by Gasteiger charge is -2.20. The third-order valence-electron chi connectivity index (χ3n) is 3.27. The molecule has 0 aromatic carbocycles. The quantitative estimate of drug-likeness (QED) is 0.692. The number of carbonyl (C=O) groups is 3. The fraction of sp³-hybridized carbons (Fsp3) is 0.727. The van der Waals surface area contributed by atoms with E-state index in [2.05, 4.69) is 4.74 Å². The molecule has 0 amide bonds. The van der Waals surface area contributed by atoms with Crippen molar-refractivity contribution >= 4 is 17.9 Å². The van der Waals surface area contributed by atoms with Crippen molar-refractivity contribution in [2.75, 3.05) is 7.11 Å². The second-order valence-electron chi connectivity index (χ2n) is 4.34. The van der Waals surface area contributed by atoms with Crippen molar-refractivity contribution in [3.8, 4) is 0 Å². The summed E-state index contributed by atoms with van der Waals surface area (Å²) in [5.41, 5.74) is 0. The molecule has 0 saturated heterocycles. The summed E-state index contributed by atoms with van der Waals surface area (Å²) in [7, 11) is 1.23. The number of ether oxygens (including phenoxy) is 1. The van der Waals surface area contributed by atoms with Gasteiger partial charge < -0.3 is 14.9 Å². The van der Waals surface area contributed by atoms with Crippen molar-refractivity contribution in [3.05, 3.63) is 0 Å². The second kappa shape index (κ2) is 5.65. The topological polar surface area (TPSA) is 101 Å². The van der Waals surface area contributed by atoms with Crippen molar-refractivity contribution in [1.82, 2.24) is 0 Å². The number of aliphatic carboxylic acids is 2. The molecule has 0 heterocycles. The Labute approximate surface area is 98.6 Å². The van der Waals surface area contributed by atoms with Gasteiger partial charge in [-0.2, -0.15) is 0 Å². The number of carbonyl (C=O) groups excluding carboxylic acids is 1. The zero-order chi connectivity index (χ0) is 13.0. The van der Waals surface area contributed by atoms with Crippen LogP contribution in [0.3, 0.4) is 0 Å². The Balaban J connectivity index is 2.77. The Morgan fingerprint density at radius 1 is 1.06 bits per heavy atom. The summed E-state index contributed by atoms with van der Waals surface area (Å²) in [5.74, 6) is -3.68.